The van der Waals surface area contributed by atoms with Crippen LogP contribution in [0.15, 0.2) is 84.9 Å². The van der Waals surface area contributed by atoms with E-state index in [1.54, 1.807) is 0 Å². The molecular weight excluding hydrogens is 318 g/mol. The Morgan fingerprint density at radius 3 is 2.08 bits per heavy atom. The minimum Gasteiger partial charge on any atom is -0.456 e. The van der Waals surface area contributed by atoms with Crippen LogP contribution in [-0.2, 0) is 0 Å². The fraction of sp³-hybridized carbons (Fsp3) is 0. The van der Waals surface area contributed by atoms with E-state index in [-0.39, 0.29) is 0 Å². The number of benzene rings is 4. The van der Waals surface area contributed by atoms with E-state index in [4.69, 9.17) is 4.74 Å². The largest absolute Gasteiger partial charge is 0.456 e. The molecule has 0 unspecified atom stereocenters. The zero-order valence-corrected chi connectivity index (χ0v) is 14.0. The van der Waals surface area contributed by atoms with Crippen LogP contribution in [0.25, 0.3) is 44.1 Å². The van der Waals surface area contributed by atoms with Gasteiger partial charge in [0.2, 0.25) is 0 Å². The Morgan fingerprint density at radius 1 is 0.500 bits per heavy atom. The monoisotopic (exact) mass is 333 g/mol. The molecule has 1 N–H and O–H groups in total. The molecule has 0 fully saturated rings. The molecule has 1 aromatic heterocycles. The quantitative estimate of drug-likeness (QED) is 0.326. The van der Waals surface area contributed by atoms with Crippen LogP contribution in [0.4, 0.5) is 0 Å². The van der Waals surface area contributed by atoms with Gasteiger partial charge in [-0.1, -0.05) is 60.7 Å². The molecule has 0 saturated heterocycles. The van der Waals surface area contributed by atoms with Crippen molar-refractivity contribution in [1.29, 1.82) is 0 Å². The van der Waals surface area contributed by atoms with Crippen molar-refractivity contribution in [1.82, 2.24) is 4.98 Å². The molecule has 4 aromatic carbocycles. The Balaban J connectivity index is 1.75. The van der Waals surface area contributed by atoms with Gasteiger partial charge in [-0.15, -0.1) is 0 Å². The van der Waals surface area contributed by atoms with Crippen molar-refractivity contribution in [2.75, 3.05) is 0 Å². The lowest BCUT2D eigenvalue weighted by molar-refractivity contribution is 0.488. The first kappa shape index (κ1) is 13.7. The Morgan fingerprint density at radius 2 is 1.19 bits per heavy atom. The molecule has 1 aliphatic rings. The lowest BCUT2D eigenvalue weighted by Crippen LogP contribution is -1.86. The number of hydrogen-bond acceptors (Lipinski definition) is 1. The molecule has 0 bridgehead atoms. The van der Waals surface area contributed by atoms with Gasteiger partial charge >= 0.3 is 0 Å². The normalized spacial score (nSPS) is 12.2. The van der Waals surface area contributed by atoms with Crippen molar-refractivity contribution in [2.45, 2.75) is 0 Å². The smallest absolute Gasteiger partial charge is 0.136 e. The molecule has 0 aliphatic carbocycles. The second-order valence-electron chi connectivity index (χ2n) is 6.71. The Kier molecular flexibility index (Phi) is 2.64. The van der Waals surface area contributed by atoms with Gasteiger partial charge in [0.1, 0.15) is 11.5 Å². The lowest BCUT2D eigenvalue weighted by Gasteiger charge is -2.09. The van der Waals surface area contributed by atoms with E-state index in [9.17, 15) is 0 Å². The van der Waals surface area contributed by atoms with Gasteiger partial charge in [-0.3, -0.25) is 0 Å². The summed E-state index contributed by atoms with van der Waals surface area (Å²) in [6, 6.07) is 29.6. The number of fused-ring (bicyclic) bond motifs is 8. The molecular formula is C24H15NO. The second kappa shape index (κ2) is 4.99. The Hall–Kier alpha value is -3.52. The van der Waals surface area contributed by atoms with Gasteiger partial charge in [0.05, 0.1) is 0 Å². The summed E-state index contributed by atoms with van der Waals surface area (Å²) in [5, 5.41) is 2.41. The number of rotatable bonds is 0. The van der Waals surface area contributed by atoms with Gasteiger partial charge in [-0.25, -0.2) is 0 Å². The van der Waals surface area contributed by atoms with E-state index >= 15 is 0 Å². The van der Waals surface area contributed by atoms with E-state index < -0.39 is 0 Å². The molecule has 2 nitrogen and oxygen atoms in total. The molecule has 1 aliphatic heterocycles. The number of hydrogen-bond donors (Lipinski definition) is 1. The SMILES string of the molecule is c1ccc2c(c1)Oc1cc3c(cc1-c1ccccc1-2)[nH]c1ccccc13. The zero-order valence-electron chi connectivity index (χ0n) is 14.0. The molecule has 0 atom stereocenters. The summed E-state index contributed by atoms with van der Waals surface area (Å²) in [4.78, 5) is 3.54. The molecule has 2 heteroatoms. The van der Waals surface area contributed by atoms with Crippen LogP contribution in [0.5, 0.6) is 11.5 Å². The number of H-pyrrole nitrogens is 1. The van der Waals surface area contributed by atoms with Gasteiger partial charge in [0.25, 0.3) is 0 Å². The number of ether oxygens (including phenoxy) is 1. The summed E-state index contributed by atoms with van der Waals surface area (Å²) in [6.45, 7) is 0. The highest BCUT2D eigenvalue weighted by molar-refractivity contribution is 6.10. The van der Waals surface area contributed by atoms with E-state index in [2.05, 4.69) is 77.8 Å². The molecule has 5 aromatic rings. The highest BCUT2D eigenvalue weighted by Crippen LogP contribution is 2.48. The maximum Gasteiger partial charge on any atom is 0.136 e. The topological polar surface area (TPSA) is 25.0 Å². The third-order valence-electron chi connectivity index (χ3n) is 5.22. The average Bonchev–Trinajstić information content (AvgIpc) is 2.98. The van der Waals surface area contributed by atoms with Crippen molar-refractivity contribution < 1.29 is 4.74 Å². The molecule has 2 heterocycles. The minimum atomic E-state index is 0.901. The Bertz CT molecular complexity index is 1310. The molecule has 0 radical (unpaired) electrons. The highest BCUT2D eigenvalue weighted by atomic mass is 16.5. The zero-order chi connectivity index (χ0) is 17.1. The van der Waals surface area contributed by atoms with Crippen molar-refractivity contribution in [3.8, 4) is 33.8 Å². The van der Waals surface area contributed by atoms with Gasteiger partial charge in [0, 0.05) is 32.9 Å². The summed E-state index contributed by atoms with van der Waals surface area (Å²) in [5.41, 5.74) is 6.94. The maximum absolute atomic E-state index is 6.40. The first-order valence-electron chi connectivity index (χ1n) is 8.79. The van der Waals surface area contributed by atoms with Gasteiger partial charge < -0.3 is 9.72 Å². The first-order chi connectivity index (χ1) is 12.9. The summed E-state index contributed by atoms with van der Waals surface area (Å²) >= 11 is 0. The van der Waals surface area contributed by atoms with Crippen molar-refractivity contribution in [3.63, 3.8) is 0 Å². The summed E-state index contributed by atoms with van der Waals surface area (Å²) < 4.78 is 6.40. The molecule has 0 saturated carbocycles. The van der Waals surface area contributed by atoms with Gasteiger partial charge in [0.15, 0.2) is 0 Å². The van der Waals surface area contributed by atoms with Crippen LogP contribution in [0, 0.1) is 0 Å². The van der Waals surface area contributed by atoms with Crippen molar-refractivity contribution in [2.24, 2.45) is 0 Å². The van der Waals surface area contributed by atoms with Crippen LogP contribution >= 0.6 is 0 Å². The predicted molar refractivity (Wildman–Crippen MR) is 107 cm³/mol. The van der Waals surface area contributed by atoms with Crippen LogP contribution in [0.2, 0.25) is 0 Å². The standard InChI is InChI=1S/C24H15NO/c1-2-8-16-15(7-1)18-10-4-6-12-23(18)26-24-14-19-17-9-3-5-11-21(17)25-22(19)13-20(16)24/h1-14,25H. The summed E-state index contributed by atoms with van der Waals surface area (Å²) in [7, 11) is 0. The van der Waals surface area contributed by atoms with E-state index in [0.29, 0.717) is 0 Å². The predicted octanol–water partition coefficient (Wildman–Crippen LogP) is 6.76. The summed E-state index contributed by atoms with van der Waals surface area (Å²) in [6.07, 6.45) is 0. The van der Waals surface area contributed by atoms with Crippen LogP contribution in [0.1, 0.15) is 0 Å². The molecule has 26 heavy (non-hydrogen) atoms. The van der Waals surface area contributed by atoms with Crippen LogP contribution in [0.3, 0.4) is 0 Å². The lowest BCUT2D eigenvalue weighted by atomic mass is 9.94. The van der Waals surface area contributed by atoms with E-state index in [1.807, 2.05) is 12.1 Å². The van der Waals surface area contributed by atoms with Crippen molar-refractivity contribution >= 4 is 21.8 Å². The average molecular weight is 333 g/mol. The number of aromatic amines is 1. The highest BCUT2D eigenvalue weighted by Gasteiger charge is 2.21. The molecule has 122 valence electrons. The van der Waals surface area contributed by atoms with Gasteiger partial charge in [-0.2, -0.15) is 0 Å². The van der Waals surface area contributed by atoms with Crippen LogP contribution in [-0.4, -0.2) is 4.98 Å². The fourth-order valence-corrected chi connectivity index (χ4v) is 4.02. The third kappa shape index (κ3) is 1.81. The van der Waals surface area contributed by atoms with Gasteiger partial charge in [-0.05, 0) is 35.4 Å². The summed E-state index contributed by atoms with van der Waals surface area (Å²) in [5.74, 6) is 1.80. The number of para-hydroxylation sites is 2. The number of nitrogens with one attached hydrogen (secondary N) is 1. The molecule has 0 amide bonds. The number of aromatic nitrogens is 1. The molecule has 0 spiro atoms. The maximum atomic E-state index is 6.40. The second-order valence-corrected chi connectivity index (χ2v) is 6.71. The minimum absolute atomic E-state index is 0.901. The molecule has 6 rings (SSSR count). The third-order valence-corrected chi connectivity index (χ3v) is 5.22. The van der Waals surface area contributed by atoms with Crippen molar-refractivity contribution in [3.05, 3.63) is 84.9 Å². The first-order valence-corrected chi connectivity index (χ1v) is 8.79. The van der Waals surface area contributed by atoms with Crippen LogP contribution < -0.4 is 4.74 Å². The van der Waals surface area contributed by atoms with E-state index in [0.717, 1.165) is 33.7 Å². The fourth-order valence-electron chi connectivity index (χ4n) is 4.02. The Labute approximate surface area is 150 Å². The van der Waals surface area contributed by atoms with E-state index in [1.165, 1.54) is 21.9 Å².